The second-order valence-corrected chi connectivity index (χ2v) is 7.83. The molecule has 0 spiro atoms. The smallest absolute Gasteiger partial charge is 0.268 e. The Morgan fingerprint density at radius 3 is 2.40 bits per heavy atom. The second kappa shape index (κ2) is 6.16. The first kappa shape index (κ1) is 16.1. The summed E-state index contributed by atoms with van der Waals surface area (Å²) in [6, 6.07) is 12.4. The summed E-state index contributed by atoms with van der Waals surface area (Å²) in [7, 11) is -3.77. The van der Waals surface area contributed by atoms with Crippen molar-refractivity contribution in [2.24, 2.45) is 0 Å². The lowest BCUT2D eigenvalue weighted by Crippen LogP contribution is -2.43. The molecule has 1 fully saturated rings. The van der Waals surface area contributed by atoms with Gasteiger partial charge in [-0.2, -0.15) is 0 Å². The Hall–Kier alpha value is -2.38. The van der Waals surface area contributed by atoms with Gasteiger partial charge in [0.15, 0.2) is 0 Å². The monoisotopic (exact) mass is 359 g/mol. The first-order valence-corrected chi connectivity index (χ1v) is 9.58. The maximum Gasteiger partial charge on any atom is 0.268 e. The number of halogens is 1. The maximum absolute atomic E-state index is 13.1. The molecule has 1 aliphatic heterocycles. The summed E-state index contributed by atoms with van der Waals surface area (Å²) < 4.78 is 40.2. The molecule has 4 rings (SSSR count). The van der Waals surface area contributed by atoms with Gasteiger partial charge in [0.2, 0.25) is 0 Å². The van der Waals surface area contributed by atoms with E-state index in [0.717, 1.165) is 49.4 Å². The van der Waals surface area contributed by atoms with Gasteiger partial charge in [-0.05, 0) is 42.5 Å². The molecule has 0 amide bonds. The van der Waals surface area contributed by atoms with E-state index in [1.165, 1.54) is 16.1 Å². The van der Waals surface area contributed by atoms with Crippen LogP contribution in [0.4, 0.5) is 10.1 Å². The molecule has 0 bridgehead atoms. The van der Waals surface area contributed by atoms with Gasteiger partial charge in [-0.1, -0.05) is 6.07 Å². The molecule has 3 aromatic rings. The standard InChI is InChI=1S/C18H18FN3O2S/c19-14-4-6-15(7-5-14)25(23,24)22-11-8-16-17(2-1-3-18(16)22)21-12-9-20-10-13-21/h1-8,11,20H,9-10,12-13H2. The molecule has 1 aromatic heterocycles. The van der Waals surface area contributed by atoms with Crippen molar-refractivity contribution in [2.45, 2.75) is 4.90 Å². The summed E-state index contributed by atoms with van der Waals surface area (Å²) in [5, 5.41) is 4.21. The quantitative estimate of drug-likeness (QED) is 0.780. The molecular weight excluding hydrogens is 341 g/mol. The van der Waals surface area contributed by atoms with E-state index in [-0.39, 0.29) is 4.90 Å². The number of aromatic nitrogens is 1. The number of benzene rings is 2. The summed E-state index contributed by atoms with van der Waals surface area (Å²) in [4.78, 5) is 2.33. The summed E-state index contributed by atoms with van der Waals surface area (Å²) in [6.45, 7) is 3.58. The third kappa shape index (κ3) is 2.79. The van der Waals surface area contributed by atoms with Crippen molar-refractivity contribution in [3.8, 4) is 0 Å². The van der Waals surface area contributed by atoms with Gasteiger partial charge >= 0.3 is 0 Å². The van der Waals surface area contributed by atoms with Crippen LogP contribution in [0, 0.1) is 5.82 Å². The highest BCUT2D eigenvalue weighted by Crippen LogP contribution is 2.30. The topological polar surface area (TPSA) is 54.3 Å². The fourth-order valence-electron chi connectivity index (χ4n) is 3.24. The molecule has 7 heteroatoms. The van der Waals surface area contributed by atoms with Gasteiger partial charge in [-0.15, -0.1) is 0 Å². The van der Waals surface area contributed by atoms with E-state index < -0.39 is 15.8 Å². The molecule has 5 nitrogen and oxygen atoms in total. The molecule has 1 saturated heterocycles. The normalized spacial score (nSPS) is 15.6. The number of fused-ring (bicyclic) bond motifs is 1. The van der Waals surface area contributed by atoms with Gasteiger partial charge in [0, 0.05) is 43.4 Å². The van der Waals surface area contributed by atoms with E-state index in [1.807, 2.05) is 18.2 Å². The molecule has 130 valence electrons. The van der Waals surface area contributed by atoms with Crippen molar-refractivity contribution in [3.63, 3.8) is 0 Å². The van der Waals surface area contributed by atoms with Crippen LogP contribution in [-0.2, 0) is 10.0 Å². The van der Waals surface area contributed by atoms with Gasteiger partial charge in [0.05, 0.1) is 10.4 Å². The highest BCUT2D eigenvalue weighted by molar-refractivity contribution is 7.90. The number of nitrogens with zero attached hydrogens (tertiary/aromatic N) is 2. The molecule has 2 aromatic carbocycles. The second-order valence-electron chi connectivity index (χ2n) is 6.02. The van der Waals surface area contributed by atoms with Crippen molar-refractivity contribution in [2.75, 3.05) is 31.1 Å². The molecule has 0 radical (unpaired) electrons. The molecule has 0 saturated carbocycles. The highest BCUT2D eigenvalue weighted by atomic mass is 32.2. The van der Waals surface area contributed by atoms with Crippen molar-refractivity contribution in [1.29, 1.82) is 0 Å². The maximum atomic E-state index is 13.1. The minimum Gasteiger partial charge on any atom is -0.368 e. The van der Waals surface area contributed by atoms with Crippen LogP contribution in [0.1, 0.15) is 0 Å². The molecule has 1 N–H and O–H groups in total. The SMILES string of the molecule is O=S(=O)(c1ccc(F)cc1)n1ccc2c(N3CCNCC3)cccc21. The van der Waals surface area contributed by atoms with E-state index in [2.05, 4.69) is 10.2 Å². The Balaban J connectivity index is 1.82. The van der Waals surface area contributed by atoms with E-state index in [0.29, 0.717) is 5.52 Å². The van der Waals surface area contributed by atoms with Crippen LogP contribution in [0.15, 0.2) is 59.6 Å². The molecule has 0 atom stereocenters. The van der Waals surface area contributed by atoms with Gasteiger partial charge in [0.25, 0.3) is 10.0 Å². The van der Waals surface area contributed by atoms with Crippen LogP contribution in [0.2, 0.25) is 0 Å². The third-order valence-electron chi connectivity index (χ3n) is 4.50. The first-order chi connectivity index (χ1) is 12.1. The zero-order valence-electron chi connectivity index (χ0n) is 13.5. The average molecular weight is 359 g/mol. The van der Waals surface area contributed by atoms with Crippen LogP contribution < -0.4 is 10.2 Å². The van der Waals surface area contributed by atoms with Crippen LogP contribution in [0.3, 0.4) is 0 Å². The minimum atomic E-state index is -3.77. The summed E-state index contributed by atoms with van der Waals surface area (Å²) >= 11 is 0. The van der Waals surface area contributed by atoms with Crippen LogP contribution in [-0.4, -0.2) is 38.6 Å². The lowest BCUT2D eigenvalue weighted by atomic mass is 10.2. The number of hydrogen-bond acceptors (Lipinski definition) is 4. The molecule has 0 unspecified atom stereocenters. The minimum absolute atomic E-state index is 0.0685. The zero-order valence-corrected chi connectivity index (χ0v) is 14.3. The lowest BCUT2D eigenvalue weighted by molar-refractivity contribution is 0.587. The Kier molecular flexibility index (Phi) is 3.97. The predicted molar refractivity (Wildman–Crippen MR) is 96.0 cm³/mol. The lowest BCUT2D eigenvalue weighted by Gasteiger charge is -2.30. The largest absolute Gasteiger partial charge is 0.368 e. The summed E-state index contributed by atoms with van der Waals surface area (Å²) in [5.74, 6) is -0.461. The molecule has 0 aliphatic carbocycles. The van der Waals surface area contributed by atoms with Gasteiger partial charge in [0.1, 0.15) is 5.82 Å². The Morgan fingerprint density at radius 1 is 0.960 bits per heavy atom. The van der Waals surface area contributed by atoms with Gasteiger partial charge in [-0.3, -0.25) is 0 Å². The number of hydrogen-bond donors (Lipinski definition) is 1. The number of piperazine rings is 1. The van der Waals surface area contributed by atoms with E-state index >= 15 is 0 Å². The third-order valence-corrected chi connectivity index (χ3v) is 6.21. The predicted octanol–water partition coefficient (Wildman–Crippen LogP) is 2.43. The van der Waals surface area contributed by atoms with Crippen LogP contribution in [0.25, 0.3) is 10.9 Å². The van der Waals surface area contributed by atoms with Crippen molar-refractivity contribution >= 4 is 26.6 Å². The zero-order chi connectivity index (χ0) is 17.4. The van der Waals surface area contributed by atoms with E-state index in [1.54, 1.807) is 12.3 Å². The average Bonchev–Trinajstić information content (AvgIpc) is 3.08. The fraction of sp³-hybridized carbons (Fsp3) is 0.222. The first-order valence-electron chi connectivity index (χ1n) is 8.14. The van der Waals surface area contributed by atoms with Crippen molar-refractivity contribution < 1.29 is 12.8 Å². The van der Waals surface area contributed by atoms with E-state index in [9.17, 15) is 12.8 Å². The Labute approximate surface area is 145 Å². The molecule has 1 aliphatic rings. The van der Waals surface area contributed by atoms with Crippen molar-refractivity contribution in [3.05, 3.63) is 60.5 Å². The number of nitrogens with one attached hydrogen (secondary N) is 1. The number of rotatable bonds is 3. The molecule has 2 heterocycles. The Morgan fingerprint density at radius 2 is 1.68 bits per heavy atom. The Bertz CT molecular complexity index is 1010. The van der Waals surface area contributed by atoms with Crippen molar-refractivity contribution in [1.82, 2.24) is 9.29 Å². The van der Waals surface area contributed by atoms with Gasteiger partial charge in [-0.25, -0.2) is 16.8 Å². The fourth-order valence-corrected chi connectivity index (χ4v) is 4.58. The van der Waals surface area contributed by atoms with Gasteiger partial charge < -0.3 is 10.2 Å². The van der Waals surface area contributed by atoms with Crippen LogP contribution in [0.5, 0.6) is 0 Å². The molecule has 25 heavy (non-hydrogen) atoms. The van der Waals surface area contributed by atoms with Crippen LogP contribution >= 0.6 is 0 Å². The van der Waals surface area contributed by atoms with E-state index in [4.69, 9.17) is 0 Å². The summed E-state index contributed by atoms with van der Waals surface area (Å²) in [6.07, 6.45) is 1.56. The molecular formula is C18H18FN3O2S. The highest BCUT2D eigenvalue weighted by Gasteiger charge is 2.21. The summed E-state index contributed by atoms with van der Waals surface area (Å²) in [5.41, 5.74) is 1.66. The number of anilines is 1.